The summed E-state index contributed by atoms with van der Waals surface area (Å²) in [7, 11) is -4.74. The molecule has 124 valence electrons. The van der Waals surface area contributed by atoms with Crippen LogP contribution in [0.4, 0.5) is 0 Å². The summed E-state index contributed by atoms with van der Waals surface area (Å²) < 4.78 is 20.3. The van der Waals surface area contributed by atoms with Crippen molar-refractivity contribution in [3.63, 3.8) is 0 Å². The fourth-order valence-electron chi connectivity index (χ4n) is 2.33. The van der Waals surface area contributed by atoms with Crippen LogP contribution in [-0.2, 0) is 18.6 Å². The zero-order valence-corrected chi connectivity index (χ0v) is 12.5. The highest BCUT2D eigenvalue weighted by atomic mass is 31.2. The van der Waals surface area contributed by atoms with Gasteiger partial charge in [-0.05, 0) is 12.5 Å². The van der Waals surface area contributed by atoms with Crippen LogP contribution in [0, 0.1) is 5.92 Å². The Morgan fingerprint density at radius 2 is 2.05 bits per heavy atom. The summed E-state index contributed by atoms with van der Waals surface area (Å²) in [5, 5.41) is 19.9. The average Bonchev–Trinajstić information content (AvgIpc) is 2.68. The van der Waals surface area contributed by atoms with Crippen LogP contribution in [0.1, 0.15) is 6.92 Å². The lowest BCUT2D eigenvalue weighted by molar-refractivity contribution is -0.126. The van der Waals surface area contributed by atoms with Gasteiger partial charge >= 0.3 is 7.82 Å². The van der Waals surface area contributed by atoms with Crippen molar-refractivity contribution in [1.29, 1.82) is 0 Å². The first-order chi connectivity index (χ1) is 10.1. The predicted octanol–water partition coefficient (Wildman–Crippen LogP) is -1.96. The van der Waals surface area contributed by atoms with Crippen molar-refractivity contribution >= 4 is 19.6 Å². The highest BCUT2D eigenvalue weighted by Crippen LogP contribution is 2.38. The van der Waals surface area contributed by atoms with Gasteiger partial charge in [0.1, 0.15) is 30.3 Å². The number of carbonyl (C=O) groups excluding carboxylic acids is 1. The maximum absolute atomic E-state index is 11.9. The van der Waals surface area contributed by atoms with Crippen molar-refractivity contribution in [3.8, 4) is 0 Å². The van der Waals surface area contributed by atoms with Crippen LogP contribution in [0.15, 0.2) is 16.6 Å². The molecule has 2 aliphatic heterocycles. The number of aliphatic imine (C=N–C) groups is 1. The third-order valence-electron chi connectivity index (χ3n) is 3.51. The van der Waals surface area contributed by atoms with E-state index in [-0.39, 0.29) is 5.84 Å². The zero-order chi connectivity index (χ0) is 16.7. The van der Waals surface area contributed by atoms with Gasteiger partial charge in [-0.1, -0.05) is 6.08 Å². The Bertz CT molecular complexity index is 570. The van der Waals surface area contributed by atoms with Crippen molar-refractivity contribution in [1.82, 2.24) is 0 Å². The number of carbonyl (C=O) groups is 1. The standard InChI is InChI=1S/C11H17N2O8P/c1-4-2-5(11(16)13-10(4)12)9-8(15)7(14)6(21-9)3-20-22(17,18)19/h2,5-9,14-15H,3H2,1H3,(H2,12,13,16)(H2,17,18,19)/t5?,6-,7?,8-,9+/m1/s1. The molecule has 1 fully saturated rings. The summed E-state index contributed by atoms with van der Waals surface area (Å²) in [5.74, 6) is -1.51. The summed E-state index contributed by atoms with van der Waals surface area (Å²) >= 11 is 0. The Hall–Kier alpha value is -1.13. The number of hydrogen-bond acceptors (Lipinski definition) is 7. The lowest BCUT2D eigenvalue weighted by Gasteiger charge is -2.23. The molecule has 22 heavy (non-hydrogen) atoms. The van der Waals surface area contributed by atoms with E-state index in [4.69, 9.17) is 20.3 Å². The van der Waals surface area contributed by atoms with Crippen LogP contribution in [0.3, 0.4) is 0 Å². The minimum atomic E-state index is -4.74. The quantitative estimate of drug-likeness (QED) is 0.366. The molecule has 0 aromatic rings. The summed E-state index contributed by atoms with van der Waals surface area (Å²) in [4.78, 5) is 32.8. The summed E-state index contributed by atoms with van der Waals surface area (Å²) in [6.45, 7) is 0.998. The fraction of sp³-hybridized carbons (Fsp3) is 0.636. The van der Waals surface area contributed by atoms with E-state index < -0.39 is 50.7 Å². The number of rotatable bonds is 4. The van der Waals surface area contributed by atoms with Crippen LogP contribution in [0.5, 0.6) is 0 Å². The number of hydrogen-bond donors (Lipinski definition) is 5. The number of aliphatic hydroxyl groups excluding tert-OH is 2. The normalized spacial score (nSPS) is 36.2. The number of phosphoric acid groups is 1. The van der Waals surface area contributed by atoms with Gasteiger partial charge < -0.3 is 30.5 Å². The molecule has 2 heterocycles. The molecule has 0 bridgehead atoms. The minimum absolute atomic E-state index is 0.0654. The predicted molar refractivity (Wildman–Crippen MR) is 72.5 cm³/mol. The number of ether oxygens (including phenoxy) is 1. The van der Waals surface area contributed by atoms with Crippen LogP contribution in [0.2, 0.25) is 0 Å². The number of dihydropyridines is 1. The van der Waals surface area contributed by atoms with Crippen LogP contribution in [-0.4, -0.2) is 62.8 Å². The fourth-order valence-corrected chi connectivity index (χ4v) is 2.67. The highest BCUT2D eigenvalue weighted by molar-refractivity contribution is 7.46. The largest absolute Gasteiger partial charge is 0.469 e. The first kappa shape index (κ1) is 17.2. The third kappa shape index (κ3) is 3.61. The second-order valence-corrected chi connectivity index (χ2v) is 6.36. The third-order valence-corrected chi connectivity index (χ3v) is 4.00. The Balaban J connectivity index is 2.10. The van der Waals surface area contributed by atoms with Gasteiger partial charge in [-0.2, -0.15) is 4.99 Å². The number of nitrogens with zero attached hydrogens (tertiary/aromatic N) is 1. The van der Waals surface area contributed by atoms with Gasteiger partial charge in [0, 0.05) is 0 Å². The van der Waals surface area contributed by atoms with Gasteiger partial charge in [0.2, 0.25) is 0 Å². The van der Waals surface area contributed by atoms with Crippen molar-refractivity contribution < 1.29 is 38.6 Å². The maximum Gasteiger partial charge on any atom is 0.469 e. The van der Waals surface area contributed by atoms with Crippen molar-refractivity contribution in [2.45, 2.75) is 31.3 Å². The SMILES string of the molecule is CC1=CC([C@@H]2O[C@H](COP(=O)(O)O)C(O)[C@H]2O)C(=O)N=C1N. The highest BCUT2D eigenvalue weighted by Gasteiger charge is 2.48. The van der Waals surface area contributed by atoms with Crippen LogP contribution < -0.4 is 5.73 Å². The number of nitrogens with two attached hydrogens (primary N) is 1. The molecule has 2 aliphatic rings. The topological polar surface area (TPSA) is 172 Å². The molecule has 6 N–H and O–H groups in total. The van der Waals surface area contributed by atoms with E-state index in [0.717, 1.165) is 0 Å². The van der Waals surface area contributed by atoms with E-state index >= 15 is 0 Å². The Kier molecular flexibility index (Phi) is 4.83. The van der Waals surface area contributed by atoms with Crippen molar-refractivity contribution in [2.24, 2.45) is 16.6 Å². The molecule has 0 aliphatic carbocycles. The Morgan fingerprint density at radius 1 is 1.41 bits per heavy atom. The average molecular weight is 336 g/mol. The van der Waals surface area contributed by atoms with Gasteiger partial charge in [0.15, 0.2) is 0 Å². The van der Waals surface area contributed by atoms with Crippen LogP contribution >= 0.6 is 7.82 Å². The Labute approximate surface area is 125 Å². The second kappa shape index (κ2) is 6.17. The van der Waals surface area contributed by atoms with Crippen molar-refractivity contribution in [2.75, 3.05) is 6.61 Å². The lowest BCUT2D eigenvalue weighted by atomic mass is 9.92. The minimum Gasteiger partial charge on any atom is -0.388 e. The molecular formula is C11H17N2O8P. The molecule has 1 amide bonds. The number of phosphoric ester groups is 1. The van der Waals surface area contributed by atoms with Gasteiger partial charge in [-0.15, -0.1) is 0 Å². The second-order valence-electron chi connectivity index (χ2n) is 5.12. The van der Waals surface area contributed by atoms with E-state index in [1.165, 1.54) is 6.08 Å². The zero-order valence-electron chi connectivity index (χ0n) is 11.6. The van der Waals surface area contributed by atoms with Gasteiger partial charge in [-0.25, -0.2) is 4.57 Å². The first-order valence-electron chi connectivity index (χ1n) is 6.38. The van der Waals surface area contributed by atoms with E-state index in [2.05, 4.69) is 9.52 Å². The lowest BCUT2D eigenvalue weighted by Crippen LogP contribution is -2.40. The molecule has 0 aromatic heterocycles. The van der Waals surface area contributed by atoms with E-state index in [9.17, 15) is 19.6 Å². The molecular weight excluding hydrogens is 319 g/mol. The molecule has 11 heteroatoms. The smallest absolute Gasteiger partial charge is 0.388 e. The van der Waals surface area contributed by atoms with E-state index in [1.807, 2.05) is 0 Å². The molecule has 2 rings (SSSR count). The number of amides is 1. The molecule has 0 saturated carbocycles. The molecule has 0 aromatic carbocycles. The molecule has 0 radical (unpaired) electrons. The molecule has 0 spiro atoms. The monoisotopic (exact) mass is 336 g/mol. The summed E-state index contributed by atoms with van der Waals surface area (Å²) in [6.07, 6.45) is -3.71. The molecule has 10 nitrogen and oxygen atoms in total. The Morgan fingerprint density at radius 3 is 2.64 bits per heavy atom. The van der Waals surface area contributed by atoms with Gasteiger partial charge in [0.25, 0.3) is 5.91 Å². The van der Waals surface area contributed by atoms with E-state index in [1.54, 1.807) is 6.92 Å². The molecule has 5 atom stereocenters. The molecule has 1 saturated heterocycles. The van der Waals surface area contributed by atoms with E-state index in [0.29, 0.717) is 5.57 Å². The summed E-state index contributed by atoms with van der Waals surface area (Å²) in [6, 6.07) is 0. The summed E-state index contributed by atoms with van der Waals surface area (Å²) in [5.41, 5.74) is 6.05. The van der Waals surface area contributed by atoms with Gasteiger partial charge in [0.05, 0.1) is 12.5 Å². The number of amidine groups is 1. The van der Waals surface area contributed by atoms with Crippen molar-refractivity contribution in [3.05, 3.63) is 11.6 Å². The first-order valence-corrected chi connectivity index (χ1v) is 7.91. The number of aliphatic hydroxyl groups is 2. The maximum atomic E-state index is 11.9. The molecule has 2 unspecified atom stereocenters. The van der Waals surface area contributed by atoms with Gasteiger partial charge in [-0.3, -0.25) is 9.32 Å². The van der Waals surface area contributed by atoms with Crippen LogP contribution in [0.25, 0.3) is 0 Å².